The Hall–Kier alpha value is -3.98. The van der Waals surface area contributed by atoms with Crippen LogP contribution in [0.5, 0.6) is 0 Å². The molecular weight excluding hydrogens is 452 g/mol. The standard InChI is InChI=1S/C27H30N8O/c1-3-12-34-26(36)22-18-29-27(31-25(22)35(34)24-6-4-5-11-28-24)30-20-7-10-23(19(2)17-20)33-15-13-32(14-16-33)21-8-9-21/h3-7,10-11,17-18,21H,1,8-9,12-16H2,2H3,(H,29,30,31). The fourth-order valence-electron chi connectivity index (χ4n) is 5.07. The number of pyridine rings is 1. The summed E-state index contributed by atoms with van der Waals surface area (Å²) in [5, 5.41) is 3.76. The molecule has 0 unspecified atom stereocenters. The zero-order valence-electron chi connectivity index (χ0n) is 20.5. The highest BCUT2D eigenvalue weighted by molar-refractivity contribution is 5.77. The monoisotopic (exact) mass is 482 g/mol. The van der Waals surface area contributed by atoms with E-state index in [2.05, 4.69) is 56.8 Å². The van der Waals surface area contributed by atoms with Crippen LogP contribution in [0.15, 0.2) is 66.2 Å². The average molecular weight is 483 g/mol. The molecule has 9 heteroatoms. The van der Waals surface area contributed by atoms with Crippen molar-refractivity contribution in [1.82, 2.24) is 29.2 Å². The van der Waals surface area contributed by atoms with Crippen LogP contribution < -0.4 is 15.8 Å². The molecule has 2 aliphatic rings. The second-order valence-corrected chi connectivity index (χ2v) is 9.49. The Balaban J connectivity index is 1.28. The first kappa shape index (κ1) is 22.5. The number of aromatic nitrogens is 5. The first-order chi connectivity index (χ1) is 17.6. The maximum absolute atomic E-state index is 13.0. The molecule has 36 heavy (non-hydrogen) atoms. The number of piperazine rings is 1. The van der Waals surface area contributed by atoms with Gasteiger partial charge in [-0.05, 0) is 55.7 Å². The normalized spacial score (nSPS) is 16.4. The maximum Gasteiger partial charge on any atom is 0.278 e. The van der Waals surface area contributed by atoms with Gasteiger partial charge in [0, 0.05) is 56.0 Å². The molecule has 1 saturated heterocycles. The van der Waals surface area contributed by atoms with E-state index in [1.165, 1.54) is 24.1 Å². The van der Waals surface area contributed by atoms with Crippen LogP contribution in [0.2, 0.25) is 0 Å². The van der Waals surface area contributed by atoms with Crippen molar-refractivity contribution in [3.63, 3.8) is 0 Å². The fraction of sp³-hybridized carbons (Fsp3) is 0.333. The van der Waals surface area contributed by atoms with Gasteiger partial charge in [-0.1, -0.05) is 12.1 Å². The highest BCUT2D eigenvalue weighted by atomic mass is 16.1. The van der Waals surface area contributed by atoms with Gasteiger partial charge in [0.25, 0.3) is 5.56 Å². The number of nitrogens with one attached hydrogen (secondary N) is 1. The summed E-state index contributed by atoms with van der Waals surface area (Å²) in [6.07, 6.45) is 7.68. The third-order valence-corrected chi connectivity index (χ3v) is 7.02. The molecule has 1 saturated carbocycles. The number of anilines is 3. The molecule has 0 bridgehead atoms. The van der Waals surface area contributed by atoms with E-state index in [0.29, 0.717) is 29.3 Å². The molecule has 0 spiro atoms. The predicted molar refractivity (Wildman–Crippen MR) is 142 cm³/mol. The summed E-state index contributed by atoms with van der Waals surface area (Å²) < 4.78 is 3.29. The number of hydrogen-bond donors (Lipinski definition) is 1. The molecule has 3 aromatic heterocycles. The van der Waals surface area contributed by atoms with Gasteiger partial charge in [-0.25, -0.2) is 19.3 Å². The summed E-state index contributed by atoms with van der Waals surface area (Å²) in [5.74, 6) is 1.03. The SMILES string of the molecule is C=CCn1c(=O)c2cnc(Nc3ccc(N4CCN(C5CC5)CC4)c(C)c3)nc2n1-c1ccccn1. The third kappa shape index (κ3) is 4.15. The maximum atomic E-state index is 13.0. The van der Waals surface area contributed by atoms with Gasteiger partial charge >= 0.3 is 0 Å². The summed E-state index contributed by atoms with van der Waals surface area (Å²) in [6.45, 7) is 10.7. The number of allylic oxidation sites excluding steroid dienone is 1. The molecule has 1 aliphatic carbocycles. The van der Waals surface area contributed by atoms with Crippen molar-refractivity contribution >= 4 is 28.4 Å². The molecule has 0 amide bonds. The second kappa shape index (κ2) is 9.23. The lowest BCUT2D eigenvalue weighted by Gasteiger charge is -2.37. The van der Waals surface area contributed by atoms with Crippen LogP contribution >= 0.6 is 0 Å². The van der Waals surface area contributed by atoms with Crippen LogP contribution in [-0.4, -0.2) is 61.4 Å². The number of fused-ring (bicyclic) bond motifs is 1. The minimum Gasteiger partial charge on any atom is -0.369 e. The Morgan fingerprint density at radius 1 is 1.11 bits per heavy atom. The Morgan fingerprint density at radius 3 is 2.64 bits per heavy atom. The van der Waals surface area contributed by atoms with E-state index in [4.69, 9.17) is 4.98 Å². The van der Waals surface area contributed by atoms with Crippen LogP contribution in [0.1, 0.15) is 18.4 Å². The van der Waals surface area contributed by atoms with E-state index in [-0.39, 0.29) is 5.56 Å². The number of nitrogens with zero attached hydrogens (tertiary/aromatic N) is 7. The number of hydrogen-bond acceptors (Lipinski definition) is 7. The summed E-state index contributed by atoms with van der Waals surface area (Å²) >= 11 is 0. The van der Waals surface area contributed by atoms with Crippen molar-refractivity contribution in [1.29, 1.82) is 0 Å². The van der Waals surface area contributed by atoms with Crippen LogP contribution in [0.4, 0.5) is 17.3 Å². The van der Waals surface area contributed by atoms with Crippen LogP contribution in [0.25, 0.3) is 16.9 Å². The zero-order valence-corrected chi connectivity index (χ0v) is 20.5. The van der Waals surface area contributed by atoms with Gasteiger partial charge in [0.2, 0.25) is 5.95 Å². The van der Waals surface area contributed by atoms with Crippen LogP contribution in [0.3, 0.4) is 0 Å². The first-order valence-electron chi connectivity index (χ1n) is 12.5. The summed E-state index contributed by atoms with van der Waals surface area (Å²) in [5.41, 5.74) is 3.72. The van der Waals surface area contributed by atoms with Crippen molar-refractivity contribution in [3.8, 4) is 5.82 Å². The molecule has 1 aromatic carbocycles. The summed E-state index contributed by atoms with van der Waals surface area (Å²) in [7, 11) is 0. The molecule has 0 atom stereocenters. The zero-order chi connectivity index (χ0) is 24.6. The molecule has 1 aliphatic heterocycles. The van der Waals surface area contributed by atoms with Gasteiger partial charge in [-0.2, -0.15) is 4.98 Å². The molecule has 184 valence electrons. The lowest BCUT2D eigenvalue weighted by atomic mass is 10.1. The smallest absolute Gasteiger partial charge is 0.278 e. The van der Waals surface area contributed by atoms with E-state index in [0.717, 1.165) is 37.9 Å². The van der Waals surface area contributed by atoms with Gasteiger partial charge < -0.3 is 10.2 Å². The van der Waals surface area contributed by atoms with E-state index < -0.39 is 0 Å². The molecular formula is C27H30N8O. The molecule has 9 nitrogen and oxygen atoms in total. The van der Waals surface area contributed by atoms with Crippen molar-refractivity contribution in [2.45, 2.75) is 32.4 Å². The van der Waals surface area contributed by atoms with E-state index in [9.17, 15) is 4.79 Å². The van der Waals surface area contributed by atoms with Gasteiger partial charge in [0.15, 0.2) is 11.5 Å². The van der Waals surface area contributed by atoms with Gasteiger partial charge in [0.05, 0.1) is 6.54 Å². The Morgan fingerprint density at radius 2 is 1.94 bits per heavy atom. The van der Waals surface area contributed by atoms with Crippen molar-refractivity contribution in [2.75, 3.05) is 36.4 Å². The van der Waals surface area contributed by atoms with Crippen molar-refractivity contribution in [3.05, 3.63) is 77.4 Å². The first-order valence-corrected chi connectivity index (χ1v) is 12.5. The van der Waals surface area contributed by atoms with Crippen molar-refractivity contribution < 1.29 is 0 Å². The highest BCUT2D eigenvalue weighted by Gasteiger charge is 2.31. The lowest BCUT2D eigenvalue weighted by molar-refractivity contribution is 0.248. The minimum atomic E-state index is -0.177. The highest BCUT2D eigenvalue weighted by Crippen LogP contribution is 2.30. The number of aryl methyl sites for hydroxylation is 1. The number of rotatable bonds is 7. The van der Waals surface area contributed by atoms with Crippen LogP contribution in [0, 0.1) is 6.92 Å². The topological polar surface area (TPSA) is 84.1 Å². The fourth-order valence-corrected chi connectivity index (χ4v) is 5.07. The van der Waals surface area contributed by atoms with Crippen molar-refractivity contribution in [2.24, 2.45) is 0 Å². The molecule has 4 aromatic rings. The summed E-state index contributed by atoms with van der Waals surface area (Å²) in [6, 6.07) is 12.8. The predicted octanol–water partition coefficient (Wildman–Crippen LogP) is 3.50. The number of benzene rings is 1. The quantitative estimate of drug-likeness (QED) is 0.404. The minimum absolute atomic E-state index is 0.177. The Bertz CT molecular complexity index is 1460. The third-order valence-electron chi connectivity index (χ3n) is 7.02. The molecule has 0 radical (unpaired) electrons. The largest absolute Gasteiger partial charge is 0.369 e. The Labute approximate surface area is 209 Å². The summed E-state index contributed by atoms with van der Waals surface area (Å²) in [4.78, 5) is 31.7. The van der Waals surface area contributed by atoms with E-state index >= 15 is 0 Å². The lowest BCUT2D eigenvalue weighted by Crippen LogP contribution is -2.47. The van der Waals surface area contributed by atoms with E-state index in [1.807, 2.05) is 18.2 Å². The van der Waals surface area contributed by atoms with Gasteiger partial charge in [-0.15, -0.1) is 6.58 Å². The second-order valence-electron chi connectivity index (χ2n) is 9.49. The van der Waals surface area contributed by atoms with E-state index in [1.54, 1.807) is 27.8 Å². The van der Waals surface area contributed by atoms with Gasteiger partial charge in [-0.3, -0.25) is 9.69 Å². The molecule has 2 fully saturated rings. The Kier molecular flexibility index (Phi) is 5.77. The molecule has 4 heterocycles. The van der Waals surface area contributed by atoms with Crippen LogP contribution in [-0.2, 0) is 6.54 Å². The molecule has 6 rings (SSSR count). The average Bonchev–Trinajstić information content (AvgIpc) is 3.71. The van der Waals surface area contributed by atoms with Gasteiger partial charge in [0.1, 0.15) is 5.39 Å². The molecule has 1 N–H and O–H groups in total.